The Kier molecular flexibility index (Phi) is 6.08. The van der Waals surface area contributed by atoms with Crippen LogP contribution in [0.25, 0.3) is 0 Å². The summed E-state index contributed by atoms with van der Waals surface area (Å²) in [6.07, 6.45) is 1.79. The molecule has 2 N–H and O–H groups in total. The van der Waals surface area contributed by atoms with E-state index in [1.165, 1.54) is 4.88 Å². The van der Waals surface area contributed by atoms with Crippen LogP contribution in [0.3, 0.4) is 0 Å². The van der Waals surface area contributed by atoms with Crippen molar-refractivity contribution in [1.82, 2.24) is 0 Å². The van der Waals surface area contributed by atoms with Crippen molar-refractivity contribution in [2.75, 3.05) is 0 Å². The summed E-state index contributed by atoms with van der Waals surface area (Å²) in [6.45, 7) is 2.68. The fourth-order valence-electron chi connectivity index (χ4n) is 1.85. The first-order valence-electron chi connectivity index (χ1n) is 6.48. The molecule has 0 amide bonds. The number of hydrogen-bond donors (Lipinski definition) is 1. The van der Waals surface area contributed by atoms with E-state index in [1.807, 2.05) is 18.2 Å². The third-order valence-electron chi connectivity index (χ3n) is 3.08. The molecule has 1 aromatic heterocycles. The number of benzene rings is 1. The lowest BCUT2D eigenvalue weighted by molar-refractivity contribution is 0.305. The maximum absolute atomic E-state index is 6.06. The molecule has 0 spiro atoms. The van der Waals surface area contributed by atoms with E-state index >= 15 is 0 Å². The van der Waals surface area contributed by atoms with Crippen LogP contribution in [0, 0.1) is 0 Å². The van der Waals surface area contributed by atoms with Crippen LogP contribution in [0.1, 0.15) is 23.8 Å². The lowest BCUT2D eigenvalue weighted by Gasteiger charge is -2.14. The van der Waals surface area contributed by atoms with Gasteiger partial charge >= 0.3 is 0 Å². The molecule has 0 radical (unpaired) electrons. The molecule has 2 nitrogen and oxygen atoms in total. The topological polar surface area (TPSA) is 35.2 Å². The highest BCUT2D eigenvalue weighted by atomic mass is 79.9. The molecule has 0 saturated heterocycles. The first kappa shape index (κ1) is 16.0. The molecule has 0 aliphatic carbocycles. The second kappa shape index (κ2) is 7.59. The third-order valence-corrected chi connectivity index (χ3v) is 5.47. The maximum atomic E-state index is 6.06. The Labute approximate surface area is 140 Å². The standard InChI is InChI=1S/C15H17Br2NOS/c1-2-12(18)8-10-7-11(16)3-4-14(10)19-9-15-13(17)5-6-20-15/h3-7,12H,2,8-9,18H2,1H3. The second-order valence-corrected chi connectivity index (χ2v) is 7.38. The predicted octanol–water partition coefficient (Wildman–Crippen LogP) is 5.13. The molecule has 108 valence electrons. The van der Waals surface area contributed by atoms with Crippen molar-refractivity contribution >= 4 is 43.2 Å². The van der Waals surface area contributed by atoms with Crippen LogP contribution in [0.2, 0.25) is 0 Å². The molecule has 1 heterocycles. The number of nitrogens with two attached hydrogens (primary N) is 1. The smallest absolute Gasteiger partial charge is 0.124 e. The predicted molar refractivity (Wildman–Crippen MR) is 92.5 cm³/mol. The van der Waals surface area contributed by atoms with Gasteiger partial charge in [-0.25, -0.2) is 0 Å². The highest BCUT2D eigenvalue weighted by Gasteiger charge is 2.10. The van der Waals surface area contributed by atoms with E-state index in [0.717, 1.165) is 33.1 Å². The second-order valence-electron chi connectivity index (χ2n) is 4.60. The average Bonchev–Trinajstić information content (AvgIpc) is 2.83. The van der Waals surface area contributed by atoms with E-state index in [2.05, 4.69) is 50.2 Å². The minimum atomic E-state index is 0.167. The molecule has 2 rings (SSSR count). The van der Waals surface area contributed by atoms with Gasteiger partial charge in [0, 0.05) is 15.0 Å². The summed E-state index contributed by atoms with van der Waals surface area (Å²) >= 11 is 8.72. The summed E-state index contributed by atoms with van der Waals surface area (Å²) in [4.78, 5) is 1.19. The van der Waals surface area contributed by atoms with Crippen LogP contribution in [-0.4, -0.2) is 6.04 Å². The quantitative estimate of drug-likeness (QED) is 0.705. The van der Waals surface area contributed by atoms with Crippen molar-refractivity contribution in [3.63, 3.8) is 0 Å². The van der Waals surface area contributed by atoms with Crippen LogP contribution in [0.5, 0.6) is 5.75 Å². The van der Waals surface area contributed by atoms with Gasteiger partial charge in [-0.1, -0.05) is 22.9 Å². The Morgan fingerprint density at radius 1 is 1.30 bits per heavy atom. The Morgan fingerprint density at radius 2 is 2.10 bits per heavy atom. The lowest BCUT2D eigenvalue weighted by Crippen LogP contribution is -2.21. The van der Waals surface area contributed by atoms with Gasteiger partial charge in [0.15, 0.2) is 0 Å². The van der Waals surface area contributed by atoms with Crippen molar-refractivity contribution in [3.8, 4) is 5.75 Å². The van der Waals surface area contributed by atoms with Gasteiger partial charge in [0.25, 0.3) is 0 Å². The summed E-state index contributed by atoms with van der Waals surface area (Å²) in [5.74, 6) is 0.914. The van der Waals surface area contributed by atoms with Crippen molar-refractivity contribution in [1.29, 1.82) is 0 Å². The van der Waals surface area contributed by atoms with E-state index in [-0.39, 0.29) is 6.04 Å². The van der Waals surface area contributed by atoms with E-state index in [9.17, 15) is 0 Å². The molecule has 1 unspecified atom stereocenters. The molecule has 0 saturated carbocycles. The van der Waals surface area contributed by atoms with E-state index in [1.54, 1.807) is 11.3 Å². The van der Waals surface area contributed by atoms with Gasteiger partial charge in [0.1, 0.15) is 12.4 Å². The van der Waals surface area contributed by atoms with Crippen LogP contribution in [0.4, 0.5) is 0 Å². The van der Waals surface area contributed by atoms with E-state index < -0.39 is 0 Å². The molecule has 20 heavy (non-hydrogen) atoms. The van der Waals surface area contributed by atoms with Crippen LogP contribution in [-0.2, 0) is 13.0 Å². The monoisotopic (exact) mass is 417 g/mol. The molecular weight excluding hydrogens is 402 g/mol. The summed E-state index contributed by atoms with van der Waals surface area (Å²) in [6, 6.07) is 8.30. The molecule has 1 atom stereocenters. The van der Waals surface area contributed by atoms with Gasteiger partial charge in [-0.2, -0.15) is 0 Å². The zero-order valence-corrected chi connectivity index (χ0v) is 15.2. The first-order chi connectivity index (χ1) is 9.60. The molecule has 1 aromatic carbocycles. The van der Waals surface area contributed by atoms with Gasteiger partial charge in [-0.15, -0.1) is 11.3 Å². The summed E-state index contributed by atoms with van der Waals surface area (Å²) < 4.78 is 8.13. The zero-order chi connectivity index (χ0) is 14.5. The van der Waals surface area contributed by atoms with E-state index in [4.69, 9.17) is 10.5 Å². The fraction of sp³-hybridized carbons (Fsp3) is 0.333. The number of rotatable bonds is 6. The molecule has 0 aliphatic heterocycles. The van der Waals surface area contributed by atoms with Crippen LogP contribution < -0.4 is 10.5 Å². The molecular formula is C15H17Br2NOS. The van der Waals surface area contributed by atoms with Crippen LogP contribution in [0.15, 0.2) is 38.6 Å². The molecule has 2 aromatic rings. The van der Waals surface area contributed by atoms with Crippen molar-refractivity contribution in [3.05, 3.63) is 49.0 Å². The minimum Gasteiger partial charge on any atom is -0.488 e. The Balaban J connectivity index is 2.12. The third kappa shape index (κ3) is 4.32. The number of halogens is 2. The van der Waals surface area contributed by atoms with Crippen molar-refractivity contribution in [2.24, 2.45) is 5.73 Å². The fourth-order valence-corrected chi connectivity index (χ4v) is 3.63. The largest absolute Gasteiger partial charge is 0.488 e. The van der Waals surface area contributed by atoms with E-state index in [0.29, 0.717) is 6.61 Å². The summed E-state index contributed by atoms with van der Waals surface area (Å²) in [7, 11) is 0. The van der Waals surface area contributed by atoms with Gasteiger partial charge in [-0.05, 0) is 64.0 Å². The lowest BCUT2D eigenvalue weighted by atomic mass is 10.0. The van der Waals surface area contributed by atoms with Crippen molar-refractivity contribution < 1.29 is 4.74 Å². The molecule has 5 heteroatoms. The zero-order valence-electron chi connectivity index (χ0n) is 11.2. The van der Waals surface area contributed by atoms with Crippen LogP contribution >= 0.6 is 43.2 Å². The molecule has 0 bridgehead atoms. The highest BCUT2D eigenvalue weighted by Crippen LogP contribution is 2.28. The first-order valence-corrected chi connectivity index (χ1v) is 8.95. The summed E-state index contributed by atoms with van der Waals surface area (Å²) in [5.41, 5.74) is 7.22. The number of ether oxygens (including phenoxy) is 1. The molecule has 0 fully saturated rings. The van der Waals surface area contributed by atoms with Crippen molar-refractivity contribution in [2.45, 2.75) is 32.4 Å². The minimum absolute atomic E-state index is 0.167. The van der Waals surface area contributed by atoms with Gasteiger partial charge < -0.3 is 10.5 Å². The molecule has 0 aliphatic rings. The van der Waals surface area contributed by atoms with Gasteiger partial charge in [0.2, 0.25) is 0 Å². The van der Waals surface area contributed by atoms with Gasteiger partial charge in [-0.3, -0.25) is 0 Å². The Hall–Kier alpha value is -0.360. The Morgan fingerprint density at radius 3 is 2.75 bits per heavy atom. The number of thiophene rings is 1. The maximum Gasteiger partial charge on any atom is 0.124 e. The average molecular weight is 419 g/mol. The number of hydrogen-bond acceptors (Lipinski definition) is 3. The Bertz CT molecular complexity index is 571. The van der Waals surface area contributed by atoms with Gasteiger partial charge in [0.05, 0.1) is 4.88 Å². The highest BCUT2D eigenvalue weighted by molar-refractivity contribution is 9.10. The SMILES string of the molecule is CCC(N)Cc1cc(Br)ccc1OCc1sccc1Br. The normalized spacial score (nSPS) is 12.4. The summed E-state index contributed by atoms with van der Waals surface area (Å²) in [5, 5.41) is 2.05.